The fraction of sp³-hybridized carbons (Fsp3) is 0.440. The molecule has 10 nitrogen and oxygen atoms in total. The molecular weight excluding hydrogens is 446 g/mol. The highest BCUT2D eigenvalue weighted by Crippen LogP contribution is 2.38. The minimum atomic E-state index is -0.498. The molecule has 10 heteroatoms. The summed E-state index contributed by atoms with van der Waals surface area (Å²) < 4.78 is 9.62. The summed E-state index contributed by atoms with van der Waals surface area (Å²) in [6.07, 6.45) is 9.74. The maximum absolute atomic E-state index is 13.0. The number of hydrogen-bond acceptors (Lipinski definition) is 7. The van der Waals surface area contributed by atoms with Crippen LogP contribution < -0.4 is 10.6 Å². The van der Waals surface area contributed by atoms with Gasteiger partial charge in [0.05, 0.1) is 36.2 Å². The highest BCUT2D eigenvalue weighted by Gasteiger charge is 2.32. The van der Waals surface area contributed by atoms with Crippen LogP contribution in [0.4, 0.5) is 5.82 Å². The summed E-state index contributed by atoms with van der Waals surface area (Å²) in [6, 6.07) is 5.90. The first-order valence-corrected chi connectivity index (χ1v) is 12.1. The Morgan fingerprint density at radius 2 is 2.11 bits per heavy atom. The number of carbonyl (C=O) groups excluding carboxylic acids is 1. The Balaban J connectivity index is 1.47. The zero-order chi connectivity index (χ0) is 24.1. The average Bonchev–Trinajstić information content (AvgIpc) is 3.61. The number of hydrogen-bond donors (Lipinski definition) is 3. The Bertz CT molecular complexity index is 1410. The van der Waals surface area contributed by atoms with E-state index in [1.807, 2.05) is 25.4 Å². The maximum atomic E-state index is 13.0. The highest BCUT2D eigenvalue weighted by atomic mass is 16.5. The minimum absolute atomic E-state index is 0.149. The Hall–Kier alpha value is -3.50. The summed E-state index contributed by atoms with van der Waals surface area (Å²) in [5, 5.41) is 21.4. The van der Waals surface area contributed by atoms with E-state index in [4.69, 9.17) is 14.7 Å². The van der Waals surface area contributed by atoms with Gasteiger partial charge >= 0.3 is 0 Å². The molecule has 0 bridgehead atoms. The molecule has 0 saturated heterocycles. The summed E-state index contributed by atoms with van der Waals surface area (Å²) in [6.45, 7) is 0. The first kappa shape index (κ1) is 22.0. The van der Waals surface area contributed by atoms with Gasteiger partial charge in [0.2, 0.25) is 0 Å². The Kier molecular flexibility index (Phi) is 5.42. The monoisotopic (exact) mass is 475 g/mol. The van der Waals surface area contributed by atoms with E-state index in [2.05, 4.69) is 32.6 Å². The molecule has 4 atom stereocenters. The van der Waals surface area contributed by atoms with Crippen molar-refractivity contribution in [2.75, 3.05) is 19.5 Å². The second-order valence-corrected chi connectivity index (χ2v) is 9.39. The van der Waals surface area contributed by atoms with Crippen LogP contribution in [0, 0.1) is 0 Å². The van der Waals surface area contributed by atoms with Crippen LogP contribution in [0.1, 0.15) is 48.5 Å². The molecule has 182 valence electrons. The van der Waals surface area contributed by atoms with Gasteiger partial charge in [0.1, 0.15) is 17.0 Å². The van der Waals surface area contributed by atoms with E-state index in [0.717, 1.165) is 48.0 Å². The molecule has 4 aromatic rings. The van der Waals surface area contributed by atoms with Gasteiger partial charge in [0.15, 0.2) is 5.65 Å². The zero-order valence-corrected chi connectivity index (χ0v) is 19.8. The number of pyridine rings is 1. The molecule has 1 amide bonds. The van der Waals surface area contributed by atoms with Crippen molar-refractivity contribution in [1.82, 2.24) is 29.5 Å². The Morgan fingerprint density at radius 1 is 1.23 bits per heavy atom. The number of methoxy groups -OCH3 is 1. The topological polar surface area (TPSA) is 119 Å². The number of aromatic nitrogens is 5. The van der Waals surface area contributed by atoms with E-state index in [0.29, 0.717) is 23.4 Å². The molecule has 0 aliphatic heterocycles. The fourth-order valence-corrected chi connectivity index (χ4v) is 5.38. The smallest absolute Gasteiger partial charge is 0.257 e. The summed E-state index contributed by atoms with van der Waals surface area (Å²) in [7, 11) is 3.59. The quantitative estimate of drug-likeness (QED) is 0.392. The molecule has 0 radical (unpaired) electrons. The number of aliphatic hydroxyl groups is 1. The lowest BCUT2D eigenvalue weighted by molar-refractivity contribution is 0.0448. The molecule has 4 aromatic heterocycles. The molecule has 35 heavy (non-hydrogen) atoms. The molecule has 2 aliphatic rings. The maximum Gasteiger partial charge on any atom is 0.257 e. The van der Waals surface area contributed by atoms with Gasteiger partial charge in [-0.25, -0.2) is 9.97 Å². The third kappa shape index (κ3) is 3.55. The van der Waals surface area contributed by atoms with E-state index in [9.17, 15) is 9.90 Å². The van der Waals surface area contributed by atoms with Crippen molar-refractivity contribution in [3.8, 4) is 11.3 Å². The van der Waals surface area contributed by atoms with Gasteiger partial charge < -0.3 is 25.0 Å². The molecular formula is C25H29N7O3. The van der Waals surface area contributed by atoms with Crippen molar-refractivity contribution < 1.29 is 14.6 Å². The lowest BCUT2D eigenvalue weighted by Crippen LogP contribution is -2.50. The van der Waals surface area contributed by atoms with Crippen LogP contribution in [-0.4, -0.2) is 67.6 Å². The van der Waals surface area contributed by atoms with Gasteiger partial charge in [-0.2, -0.15) is 9.61 Å². The van der Waals surface area contributed by atoms with Gasteiger partial charge in [0.25, 0.3) is 5.91 Å². The molecule has 2 aliphatic carbocycles. The Labute approximate surface area is 202 Å². The molecule has 2 saturated carbocycles. The zero-order valence-electron chi connectivity index (χ0n) is 19.8. The predicted octanol–water partition coefficient (Wildman–Crippen LogP) is 2.78. The lowest BCUT2D eigenvalue weighted by Gasteiger charge is -2.32. The molecule has 6 rings (SSSR count). The SMILES string of the molecule is CNc1cc(-c2cn([C@@H]3CCC[C@H]3OC)c3ncccc23)nc2c(C(=O)NC3CC[C@@H]3O)cnn12. The van der Waals surface area contributed by atoms with Crippen molar-refractivity contribution in [1.29, 1.82) is 0 Å². The van der Waals surface area contributed by atoms with Crippen LogP contribution in [0.5, 0.6) is 0 Å². The van der Waals surface area contributed by atoms with Crippen molar-refractivity contribution in [2.24, 2.45) is 0 Å². The second-order valence-electron chi connectivity index (χ2n) is 9.39. The standard InChI is InChI=1S/C25H29N7O3/c1-26-22-11-18(29-24-15(12-28-32(22)24)25(34)30-17-8-9-20(17)33)16-13-31(19-6-3-7-21(19)35-2)23-14(16)5-4-10-27-23/h4-5,10-13,17,19-21,26,33H,3,6-9H2,1-2H3,(H,30,34)/t17?,19-,20+,21-/m1/s1. The van der Waals surface area contributed by atoms with Crippen molar-refractivity contribution in [3.63, 3.8) is 0 Å². The first-order valence-electron chi connectivity index (χ1n) is 12.1. The lowest BCUT2D eigenvalue weighted by atomic mass is 9.89. The first-order chi connectivity index (χ1) is 17.1. The van der Waals surface area contributed by atoms with Crippen LogP contribution in [0.25, 0.3) is 27.9 Å². The summed E-state index contributed by atoms with van der Waals surface area (Å²) in [5.74, 6) is 0.432. The summed E-state index contributed by atoms with van der Waals surface area (Å²) in [5.41, 5.74) is 3.40. The number of carbonyl (C=O) groups is 1. The minimum Gasteiger partial charge on any atom is -0.391 e. The van der Waals surface area contributed by atoms with Crippen LogP contribution in [0.15, 0.2) is 36.8 Å². The summed E-state index contributed by atoms with van der Waals surface area (Å²) in [4.78, 5) is 22.6. The van der Waals surface area contributed by atoms with Crippen LogP contribution in [-0.2, 0) is 4.74 Å². The molecule has 2 fully saturated rings. The van der Waals surface area contributed by atoms with Crippen LogP contribution in [0.2, 0.25) is 0 Å². The fourth-order valence-electron chi connectivity index (χ4n) is 5.38. The number of ether oxygens (including phenoxy) is 1. The summed E-state index contributed by atoms with van der Waals surface area (Å²) >= 11 is 0. The number of amides is 1. The number of nitrogens with zero attached hydrogens (tertiary/aromatic N) is 5. The van der Waals surface area contributed by atoms with Gasteiger partial charge in [-0.05, 0) is 44.2 Å². The Morgan fingerprint density at radius 3 is 2.86 bits per heavy atom. The van der Waals surface area contributed by atoms with Crippen LogP contribution in [0.3, 0.4) is 0 Å². The van der Waals surface area contributed by atoms with Gasteiger partial charge in [-0.3, -0.25) is 4.79 Å². The molecule has 4 heterocycles. The second kappa shape index (κ2) is 8.62. The third-order valence-corrected chi connectivity index (χ3v) is 7.47. The van der Waals surface area contributed by atoms with E-state index in [-0.39, 0.29) is 24.1 Å². The molecule has 0 aromatic carbocycles. The van der Waals surface area contributed by atoms with Gasteiger partial charge in [-0.15, -0.1) is 0 Å². The van der Waals surface area contributed by atoms with Crippen molar-refractivity contribution >= 4 is 28.4 Å². The third-order valence-electron chi connectivity index (χ3n) is 7.47. The molecule has 3 N–H and O–H groups in total. The van der Waals surface area contributed by atoms with Crippen molar-refractivity contribution in [3.05, 3.63) is 42.4 Å². The number of fused-ring (bicyclic) bond motifs is 2. The highest BCUT2D eigenvalue weighted by molar-refractivity contribution is 6.01. The van der Waals surface area contributed by atoms with Crippen LogP contribution >= 0.6 is 0 Å². The average molecular weight is 476 g/mol. The van der Waals surface area contributed by atoms with E-state index < -0.39 is 6.10 Å². The van der Waals surface area contributed by atoms with Gasteiger partial charge in [-0.1, -0.05) is 0 Å². The normalized spacial score (nSPS) is 24.1. The van der Waals surface area contributed by atoms with E-state index in [1.165, 1.54) is 6.20 Å². The van der Waals surface area contributed by atoms with E-state index >= 15 is 0 Å². The molecule has 0 spiro atoms. The number of anilines is 1. The van der Waals surface area contributed by atoms with Crippen molar-refractivity contribution in [2.45, 2.75) is 56.4 Å². The van der Waals surface area contributed by atoms with Gasteiger partial charge in [0, 0.05) is 43.6 Å². The van der Waals surface area contributed by atoms with E-state index in [1.54, 1.807) is 11.6 Å². The predicted molar refractivity (Wildman–Crippen MR) is 131 cm³/mol. The number of nitrogens with one attached hydrogen (secondary N) is 2. The molecule has 1 unspecified atom stereocenters. The number of aliphatic hydroxyl groups excluding tert-OH is 1. The number of rotatable bonds is 6. The largest absolute Gasteiger partial charge is 0.391 e.